The van der Waals surface area contributed by atoms with Crippen LogP contribution in [0, 0.1) is 30.3 Å². The van der Waals surface area contributed by atoms with Crippen LogP contribution < -0.4 is 5.73 Å². The summed E-state index contributed by atoms with van der Waals surface area (Å²) in [6.07, 6.45) is 2.89. The maximum Gasteiger partial charge on any atom is 0.324 e. The van der Waals surface area contributed by atoms with Crippen LogP contribution in [0.25, 0.3) is 0 Å². The first-order valence-corrected chi connectivity index (χ1v) is 6.66. The van der Waals surface area contributed by atoms with Gasteiger partial charge in [-0.15, -0.1) is 0 Å². The van der Waals surface area contributed by atoms with E-state index in [4.69, 9.17) is 34.0 Å². The molecule has 132 valence electrons. The summed E-state index contributed by atoms with van der Waals surface area (Å²) < 4.78 is 0. The fourth-order valence-electron chi connectivity index (χ4n) is 1.39. The van der Waals surface area contributed by atoms with Gasteiger partial charge >= 0.3 is 11.4 Å². The Hall–Kier alpha value is -3.25. The van der Waals surface area contributed by atoms with E-state index in [1.54, 1.807) is 0 Å². The topological polar surface area (TPSA) is 189 Å². The molecule has 3 N–H and O–H groups in total. The third-order valence-corrected chi connectivity index (χ3v) is 3.15. The van der Waals surface area contributed by atoms with Gasteiger partial charge in [0.05, 0.1) is 42.6 Å². The van der Waals surface area contributed by atoms with Crippen molar-refractivity contribution in [2.45, 2.75) is 0 Å². The second kappa shape index (κ2) is 8.03. The number of phenolic OH excluding ortho intramolecular Hbond substituents is 1. The van der Waals surface area contributed by atoms with Gasteiger partial charge in [0.1, 0.15) is 0 Å². The molecular weight excluding hydrogens is 385 g/mol. The van der Waals surface area contributed by atoms with Gasteiger partial charge in [0.25, 0.3) is 11.4 Å². The summed E-state index contributed by atoms with van der Waals surface area (Å²) in [5.41, 5.74) is 2.76. The van der Waals surface area contributed by atoms with Crippen LogP contribution in [0.1, 0.15) is 0 Å². The highest BCUT2D eigenvalue weighted by Gasteiger charge is 2.30. The van der Waals surface area contributed by atoms with Gasteiger partial charge in [0, 0.05) is 12.4 Å². The maximum atomic E-state index is 10.4. The highest BCUT2D eigenvalue weighted by atomic mass is 35.5. The molecule has 0 aliphatic heterocycles. The number of nitrogens with two attached hydrogens (primary N) is 1. The molecule has 0 atom stereocenters. The van der Waals surface area contributed by atoms with E-state index in [2.05, 4.69) is 4.98 Å². The van der Waals surface area contributed by atoms with Gasteiger partial charge in [0.15, 0.2) is 0 Å². The van der Waals surface area contributed by atoms with Crippen molar-refractivity contribution in [2.75, 3.05) is 5.73 Å². The quantitative estimate of drug-likeness (QED) is 0.584. The van der Waals surface area contributed by atoms with E-state index in [9.17, 15) is 30.3 Å². The largest absolute Gasteiger partial charge is 0.497 e. The van der Waals surface area contributed by atoms with Crippen LogP contribution in [0.4, 0.5) is 22.7 Å². The highest BCUT2D eigenvalue weighted by molar-refractivity contribution is 6.38. The fourth-order valence-corrected chi connectivity index (χ4v) is 1.76. The fraction of sp³-hybridized carbons (Fsp3) is 0. The number of rotatable bonds is 3. The minimum absolute atomic E-state index is 0.383. The second-order valence-electron chi connectivity index (χ2n) is 4.12. The Morgan fingerprint density at radius 1 is 0.920 bits per heavy atom. The summed E-state index contributed by atoms with van der Waals surface area (Å²) in [5, 5.41) is 41.0. The molecule has 14 heteroatoms. The average Bonchev–Trinajstić information content (AvgIpc) is 2.52. The molecule has 0 fully saturated rings. The smallest absolute Gasteiger partial charge is 0.324 e. The van der Waals surface area contributed by atoms with Crippen LogP contribution in [-0.2, 0) is 0 Å². The number of aromatic nitrogens is 1. The van der Waals surface area contributed by atoms with Crippen LogP contribution in [-0.4, -0.2) is 24.9 Å². The first-order chi connectivity index (χ1) is 11.6. The molecule has 12 nitrogen and oxygen atoms in total. The molecule has 1 heterocycles. The molecule has 0 amide bonds. The van der Waals surface area contributed by atoms with Gasteiger partial charge in [-0.1, -0.05) is 23.2 Å². The van der Waals surface area contributed by atoms with Crippen LogP contribution in [0.2, 0.25) is 10.0 Å². The lowest BCUT2D eigenvalue weighted by Crippen LogP contribution is -1.97. The number of pyridine rings is 1. The van der Waals surface area contributed by atoms with Gasteiger partial charge in [-0.2, -0.15) is 0 Å². The minimum Gasteiger partial charge on any atom is -0.497 e. The molecule has 1 aromatic heterocycles. The Bertz CT molecular complexity index is 805. The number of hydrogen-bond donors (Lipinski definition) is 2. The first-order valence-electron chi connectivity index (χ1n) is 5.90. The van der Waals surface area contributed by atoms with Gasteiger partial charge in [-0.25, -0.2) is 0 Å². The molecule has 0 saturated heterocycles. The van der Waals surface area contributed by atoms with Gasteiger partial charge in [0.2, 0.25) is 0 Å². The third kappa shape index (κ3) is 4.86. The molecule has 0 unspecified atom stereocenters. The summed E-state index contributed by atoms with van der Waals surface area (Å²) >= 11 is 11.1. The van der Waals surface area contributed by atoms with Crippen LogP contribution >= 0.6 is 23.2 Å². The number of phenols is 1. The van der Waals surface area contributed by atoms with Crippen molar-refractivity contribution in [1.82, 2.24) is 4.98 Å². The lowest BCUT2D eigenvalue weighted by molar-refractivity contribution is -0.404. The van der Waals surface area contributed by atoms with E-state index in [-0.39, 0.29) is 0 Å². The molecule has 0 aliphatic rings. The molecule has 2 rings (SSSR count). The summed E-state index contributed by atoms with van der Waals surface area (Å²) in [5.74, 6) is -1.21. The lowest BCUT2D eigenvalue weighted by Gasteiger charge is -1.97. The molecule has 1 aromatic carbocycles. The Morgan fingerprint density at radius 3 is 1.60 bits per heavy atom. The van der Waals surface area contributed by atoms with Gasteiger partial charge in [-0.05, 0) is 0 Å². The van der Waals surface area contributed by atoms with Crippen molar-refractivity contribution in [3.8, 4) is 5.75 Å². The summed E-state index contributed by atoms with van der Waals surface area (Å²) in [6.45, 7) is 0. The predicted octanol–water partition coefficient (Wildman–Crippen LogP) is 3.09. The number of halogens is 2. The molecule has 0 spiro atoms. The number of nitrogens with zero attached hydrogens (tertiary/aromatic N) is 4. The number of benzene rings is 1. The van der Waals surface area contributed by atoms with Crippen LogP contribution in [0.15, 0.2) is 24.5 Å². The monoisotopic (exact) mass is 391 g/mol. The van der Waals surface area contributed by atoms with E-state index in [1.807, 2.05) is 0 Å². The van der Waals surface area contributed by atoms with Crippen molar-refractivity contribution in [3.63, 3.8) is 0 Å². The number of aromatic hydroxyl groups is 1. The van der Waals surface area contributed by atoms with Crippen molar-refractivity contribution < 1.29 is 19.9 Å². The number of anilines is 1. The first kappa shape index (κ1) is 19.8. The maximum absolute atomic E-state index is 10.4. The molecule has 2 aromatic rings. The predicted molar refractivity (Wildman–Crippen MR) is 86.7 cm³/mol. The number of nitro groups is 3. The summed E-state index contributed by atoms with van der Waals surface area (Å²) in [6, 6.07) is 0.894. The zero-order chi connectivity index (χ0) is 19.3. The van der Waals surface area contributed by atoms with Crippen LogP contribution in [0.3, 0.4) is 0 Å². The third-order valence-electron chi connectivity index (χ3n) is 2.55. The molecule has 0 radical (unpaired) electrons. The normalized spacial score (nSPS) is 9.68. The molecule has 0 aliphatic carbocycles. The number of hydrogen-bond acceptors (Lipinski definition) is 9. The van der Waals surface area contributed by atoms with Crippen molar-refractivity contribution >= 4 is 46.0 Å². The van der Waals surface area contributed by atoms with E-state index in [1.165, 1.54) is 12.4 Å². The highest BCUT2D eigenvalue weighted by Crippen LogP contribution is 2.38. The van der Waals surface area contributed by atoms with E-state index < -0.39 is 37.6 Å². The van der Waals surface area contributed by atoms with Crippen LogP contribution in [0.5, 0.6) is 5.75 Å². The SMILES string of the molecule is Nc1c(Cl)cncc1Cl.O=[N+]([O-])c1cc([N+](=O)[O-])c(O)c([N+](=O)[O-])c1. The summed E-state index contributed by atoms with van der Waals surface area (Å²) in [4.78, 5) is 31.5. The number of nitrogen functional groups attached to an aromatic ring is 1. The van der Waals surface area contributed by atoms with E-state index in [0.717, 1.165) is 0 Å². The number of nitro benzene ring substituents is 3. The molecule has 25 heavy (non-hydrogen) atoms. The second-order valence-corrected chi connectivity index (χ2v) is 4.94. The Labute approximate surface area is 147 Å². The summed E-state index contributed by atoms with van der Waals surface area (Å²) in [7, 11) is 0. The molecular formula is C11H7Cl2N5O7. The Kier molecular flexibility index (Phi) is 6.36. The molecule has 0 saturated carbocycles. The standard InChI is InChI=1S/C6H3N3O7.C5H4Cl2N2/c10-6-4(8(13)14)1-3(7(11)12)2-5(6)9(15)16;6-3-1-9-2-4(7)5(3)8/h1-2,10H;1-2H,(H2,8,9). The average molecular weight is 392 g/mol. The van der Waals surface area contributed by atoms with Gasteiger partial charge in [-0.3, -0.25) is 35.3 Å². The zero-order valence-electron chi connectivity index (χ0n) is 11.8. The van der Waals surface area contributed by atoms with E-state index in [0.29, 0.717) is 27.9 Å². The van der Waals surface area contributed by atoms with Crippen molar-refractivity contribution in [1.29, 1.82) is 0 Å². The lowest BCUT2D eigenvalue weighted by atomic mass is 10.2. The minimum atomic E-state index is -1.21. The van der Waals surface area contributed by atoms with Gasteiger partial charge < -0.3 is 10.8 Å². The zero-order valence-corrected chi connectivity index (χ0v) is 13.3. The Morgan fingerprint density at radius 2 is 1.32 bits per heavy atom. The van der Waals surface area contributed by atoms with Crippen molar-refractivity contribution in [3.05, 3.63) is 64.9 Å². The number of non-ortho nitro benzene ring substituents is 1. The Balaban J connectivity index is 0.000000293. The molecule has 0 bridgehead atoms. The van der Waals surface area contributed by atoms with Crippen molar-refractivity contribution in [2.24, 2.45) is 0 Å². The van der Waals surface area contributed by atoms with E-state index >= 15 is 0 Å².